The van der Waals surface area contributed by atoms with E-state index in [2.05, 4.69) is 41.4 Å². The number of nitrogens with one attached hydrogen (secondary N) is 1. The number of hydrogen-bond donors (Lipinski definition) is 1. The molecule has 2 aromatic rings. The first-order chi connectivity index (χ1) is 8.69. The van der Waals surface area contributed by atoms with Gasteiger partial charge in [0.25, 0.3) is 0 Å². The van der Waals surface area contributed by atoms with E-state index in [0.29, 0.717) is 0 Å². The van der Waals surface area contributed by atoms with Gasteiger partial charge < -0.3 is 5.32 Å². The maximum Gasteiger partial charge on any atom is 0.0644 e. The van der Waals surface area contributed by atoms with Crippen molar-refractivity contribution in [2.24, 2.45) is 7.05 Å². The minimum Gasteiger partial charge on any atom is -0.309 e. The Bertz CT molecular complexity index is 504. The molecule has 0 spiro atoms. The van der Waals surface area contributed by atoms with Crippen LogP contribution in [0.5, 0.6) is 0 Å². The van der Waals surface area contributed by atoms with E-state index in [0.717, 1.165) is 24.4 Å². The van der Waals surface area contributed by atoms with E-state index in [4.69, 9.17) is 0 Å². The van der Waals surface area contributed by atoms with E-state index < -0.39 is 0 Å². The van der Waals surface area contributed by atoms with E-state index in [1.54, 1.807) is 0 Å². The molecule has 4 nitrogen and oxygen atoms in total. The van der Waals surface area contributed by atoms with Gasteiger partial charge in [0.2, 0.25) is 0 Å². The zero-order valence-electron chi connectivity index (χ0n) is 11.2. The topological polar surface area (TPSA) is 42.7 Å². The molecule has 0 aliphatic carbocycles. The molecule has 4 heteroatoms. The van der Waals surface area contributed by atoms with Crippen molar-refractivity contribution >= 4 is 0 Å². The molecule has 0 aliphatic rings. The predicted molar refractivity (Wildman–Crippen MR) is 72.3 cm³/mol. The molecule has 2 rings (SSSR count). The van der Waals surface area contributed by atoms with Crippen molar-refractivity contribution in [1.82, 2.24) is 20.1 Å². The van der Waals surface area contributed by atoms with E-state index in [1.165, 1.54) is 5.56 Å². The Kier molecular flexibility index (Phi) is 4.10. The summed E-state index contributed by atoms with van der Waals surface area (Å²) in [6, 6.07) is 6.44. The second-order valence-electron chi connectivity index (χ2n) is 4.55. The monoisotopic (exact) mass is 244 g/mol. The summed E-state index contributed by atoms with van der Waals surface area (Å²) in [6.07, 6.45) is 4.71. The Labute approximate surface area is 108 Å². The molecule has 1 unspecified atom stereocenters. The molecule has 96 valence electrons. The minimum absolute atomic E-state index is 0.227. The van der Waals surface area contributed by atoms with Gasteiger partial charge >= 0.3 is 0 Å². The van der Waals surface area contributed by atoms with Crippen molar-refractivity contribution in [1.29, 1.82) is 0 Å². The van der Waals surface area contributed by atoms with Gasteiger partial charge in [-0.05, 0) is 37.2 Å². The zero-order valence-corrected chi connectivity index (χ0v) is 11.2. The van der Waals surface area contributed by atoms with E-state index in [9.17, 15) is 0 Å². The van der Waals surface area contributed by atoms with Gasteiger partial charge in [-0.2, -0.15) is 5.10 Å². The lowest BCUT2D eigenvalue weighted by Gasteiger charge is -2.16. The first-order valence-corrected chi connectivity index (χ1v) is 6.33. The molecule has 0 radical (unpaired) electrons. The van der Waals surface area contributed by atoms with Crippen LogP contribution in [0.2, 0.25) is 0 Å². The summed E-state index contributed by atoms with van der Waals surface area (Å²) in [5.41, 5.74) is 3.41. The standard InChI is InChI=1S/C14H20N4/c1-4-15-14(10-12-6-8-18(3)17-12)13-9-11(2)5-7-16-13/h5-9,14-15H,4,10H2,1-3H3. The van der Waals surface area contributed by atoms with E-state index in [1.807, 2.05) is 30.2 Å². The lowest BCUT2D eigenvalue weighted by Crippen LogP contribution is -2.24. The van der Waals surface area contributed by atoms with Gasteiger partial charge in [-0.15, -0.1) is 0 Å². The summed E-state index contributed by atoms with van der Waals surface area (Å²) >= 11 is 0. The maximum atomic E-state index is 4.46. The van der Waals surface area contributed by atoms with Gasteiger partial charge in [-0.3, -0.25) is 9.67 Å². The number of nitrogens with zero attached hydrogens (tertiary/aromatic N) is 3. The summed E-state index contributed by atoms with van der Waals surface area (Å²) in [5, 5.41) is 7.90. The molecule has 18 heavy (non-hydrogen) atoms. The molecule has 0 bridgehead atoms. The average Bonchev–Trinajstić information content (AvgIpc) is 2.74. The molecule has 0 amide bonds. The normalized spacial score (nSPS) is 12.6. The van der Waals surface area contributed by atoms with Crippen molar-refractivity contribution in [2.75, 3.05) is 6.54 Å². The third-order valence-corrected chi connectivity index (χ3v) is 2.93. The molecule has 0 aliphatic heterocycles. The largest absolute Gasteiger partial charge is 0.309 e. The van der Waals surface area contributed by atoms with Crippen molar-refractivity contribution in [3.05, 3.63) is 47.5 Å². The lowest BCUT2D eigenvalue weighted by molar-refractivity contribution is 0.527. The van der Waals surface area contributed by atoms with Crippen LogP contribution in [0.1, 0.15) is 29.9 Å². The zero-order chi connectivity index (χ0) is 13.0. The first-order valence-electron chi connectivity index (χ1n) is 6.33. The average molecular weight is 244 g/mol. The lowest BCUT2D eigenvalue weighted by atomic mass is 10.1. The van der Waals surface area contributed by atoms with Gasteiger partial charge in [0.1, 0.15) is 0 Å². The number of hydrogen-bond acceptors (Lipinski definition) is 3. The van der Waals surface area contributed by atoms with E-state index in [-0.39, 0.29) is 6.04 Å². The van der Waals surface area contributed by atoms with Crippen LogP contribution in [-0.4, -0.2) is 21.3 Å². The Morgan fingerprint density at radius 1 is 1.39 bits per heavy atom. The van der Waals surface area contributed by atoms with Crippen LogP contribution in [0, 0.1) is 6.92 Å². The maximum absolute atomic E-state index is 4.46. The Morgan fingerprint density at radius 2 is 2.22 bits per heavy atom. The van der Waals surface area contributed by atoms with Crippen LogP contribution in [0.25, 0.3) is 0 Å². The highest BCUT2D eigenvalue weighted by atomic mass is 15.2. The van der Waals surface area contributed by atoms with Gasteiger partial charge in [0.05, 0.1) is 17.4 Å². The second-order valence-corrected chi connectivity index (χ2v) is 4.55. The number of aromatic nitrogens is 3. The fourth-order valence-electron chi connectivity index (χ4n) is 2.06. The Hall–Kier alpha value is -1.68. The SMILES string of the molecule is CCNC(Cc1ccn(C)n1)c1cc(C)ccn1. The van der Waals surface area contributed by atoms with Crippen LogP contribution in [0.3, 0.4) is 0 Å². The van der Waals surface area contributed by atoms with Gasteiger partial charge in [-0.1, -0.05) is 6.92 Å². The summed E-state index contributed by atoms with van der Waals surface area (Å²) in [4.78, 5) is 4.46. The summed E-state index contributed by atoms with van der Waals surface area (Å²) in [7, 11) is 1.94. The molecule has 2 aromatic heterocycles. The molecule has 1 atom stereocenters. The molecular weight excluding hydrogens is 224 g/mol. The Balaban J connectivity index is 2.17. The number of pyridine rings is 1. The fraction of sp³-hybridized carbons (Fsp3) is 0.429. The fourth-order valence-corrected chi connectivity index (χ4v) is 2.06. The predicted octanol–water partition coefficient (Wildman–Crippen LogP) is 2.02. The smallest absolute Gasteiger partial charge is 0.0644 e. The van der Waals surface area contributed by atoms with Crippen molar-refractivity contribution < 1.29 is 0 Å². The van der Waals surface area contributed by atoms with E-state index >= 15 is 0 Å². The highest BCUT2D eigenvalue weighted by Gasteiger charge is 2.14. The van der Waals surface area contributed by atoms with Gasteiger partial charge in [0, 0.05) is 25.9 Å². The van der Waals surface area contributed by atoms with Crippen molar-refractivity contribution in [2.45, 2.75) is 26.3 Å². The number of likely N-dealkylation sites (N-methyl/N-ethyl adjacent to an activating group) is 1. The van der Waals surface area contributed by atoms with Gasteiger partial charge in [-0.25, -0.2) is 0 Å². The molecular formula is C14H20N4. The molecule has 2 heterocycles. The van der Waals surface area contributed by atoms with Gasteiger partial charge in [0.15, 0.2) is 0 Å². The Morgan fingerprint density at radius 3 is 2.83 bits per heavy atom. The number of rotatable bonds is 5. The minimum atomic E-state index is 0.227. The summed E-state index contributed by atoms with van der Waals surface area (Å²) in [6.45, 7) is 5.13. The summed E-state index contributed by atoms with van der Waals surface area (Å²) in [5.74, 6) is 0. The van der Waals surface area contributed by atoms with Crippen molar-refractivity contribution in [3.63, 3.8) is 0 Å². The molecule has 0 saturated carbocycles. The van der Waals surface area contributed by atoms with Crippen LogP contribution in [0.4, 0.5) is 0 Å². The second kappa shape index (κ2) is 5.78. The summed E-state index contributed by atoms with van der Waals surface area (Å²) < 4.78 is 1.84. The highest BCUT2D eigenvalue weighted by Crippen LogP contribution is 2.16. The molecule has 0 saturated heterocycles. The van der Waals surface area contributed by atoms with Crippen LogP contribution in [-0.2, 0) is 13.5 Å². The first kappa shape index (κ1) is 12.8. The highest BCUT2D eigenvalue weighted by molar-refractivity contribution is 5.19. The van der Waals surface area contributed by atoms with Crippen molar-refractivity contribution in [3.8, 4) is 0 Å². The quantitative estimate of drug-likeness (QED) is 0.875. The molecule has 0 fully saturated rings. The number of aryl methyl sites for hydroxylation is 2. The molecule has 0 aromatic carbocycles. The molecule has 1 N–H and O–H groups in total. The third kappa shape index (κ3) is 3.17. The van der Waals surface area contributed by atoms with Crippen LogP contribution < -0.4 is 5.32 Å². The third-order valence-electron chi connectivity index (χ3n) is 2.93. The van der Waals surface area contributed by atoms with Crippen LogP contribution >= 0.6 is 0 Å². The van der Waals surface area contributed by atoms with Crippen LogP contribution in [0.15, 0.2) is 30.6 Å².